The lowest BCUT2D eigenvalue weighted by Crippen LogP contribution is -2.19. The standard InChI is InChI=1S/C19H18N6OS/c1-21-17(26)6-7-25-11-13(10-23-25)12-8-14(18(20)22-9-12)19-24-15-4-2-3-5-16(15)27-19/h2-5,8-11H,6-7H2,1H3,(H2,20,22)(H,21,26). The maximum Gasteiger partial charge on any atom is 0.221 e. The Bertz CT molecular complexity index is 1080. The predicted octanol–water partition coefficient (Wildman–Crippen LogP) is 2.94. The van der Waals surface area contributed by atoms with Gasteiger partial charge in [-0.15, -0.1) is 11.3 Å². The second-order valence-corrected chi connectivity index (χ2v) is 7.09. The van der Waals surface area contributed by atoms with Crippen molar-refractivity contribution in [1.29, 1.82) is 0 Å². The fourth-order valence-electron chi connectivity index (χ4n) is 2.77. The third-order valence-corrected chi connectivity index (χ3v) is 5.33. The highest BCUT2D eigenvalue weighted by Gasteiger charge is 2.13. The molecule has 3 aromatic heterocycles. The zero-order chi connectivity index (χ0) is 18.8. The summed E-state index contributed by atoms with van der Waals surface area (Å²) in [6, 6.07) is 9.98. The first-order chi connectivity index (χ1) is 13.1. The van der Waals surface area contributed by atoms with Crippen LogP contribution in [0.25, 0.3) is 31.9 Å². The molecular formula is C19H18N6OS. The Morgan fingerprint density at radius 2 is 2.11 bits per heavy atom. The Morgan fingerprint density at radius 1 is 1.26 bits per heavy atom. The molecule has 0 spiro atoms. The van der Waals surface area contributed by atoms with E-state index in [1.54, 1.807) is 35.5 Å². The molecule has 3 N–H and O–H groups in total. The second-order valence-electron chi connectivity index (χ2n) is 6.06. The van der Waals surface area contributed by atoms with Gasteiger partial charge in [0.15, 0.2) is 0 Å². The minimum Gasteiger partial charge on any atom is -0.383 e. The molecule has 0 atom stereocenters. The highest BCUT2D eigenvalue weighted by molar-refractivity contribution is 7.21. The van der Waals surface area contributed by atoms with Crippen LogP contribution in [0.2, 0.25) is 0 Å². The number of benzene rings is 1. The van der Waals surface area contributed by atoms with E-state index in [0.29, 0.717) is 18.8 Å². The van der Waals surface area contributed by atoms with Gasteiger partial charge in [-0.3, -0.25) is 9.48 Å². The van der Waals surface area contributed by atoms with Gasteiger partial charge in [-0.1, -0.05) is 12.1 Å². The number of pyridine rings is 1. The van der Waals surface area contributed by atoms with Gasteiger partial charge >= 0.3 is 0 Å². The van der Waals surface area contributed by atoms with Crippen LogP contribution in [-0.2, 0) is 11.3 Å². The number of carbonyl (C=O) groups is 1. The number of aryl methyl sites for hydroxylation is 1. The van der Waals surface area contributed by atoms with Crippen molar-refractivity contribution in [2.24, 2.45) is 0 Å². The van der Waals surface area contributed by atoms with E-state index in [1.165, 1.54) is 0 Å². The van der Waals surface area contributed by atoms with Crippen LogP contribution >= 0.6 is 11.3 Å². The monoisotopic (exact) mass is 378 g/mol. The van der Waals surface area contributed by atoms with Crippen molar-refractivity contribution in [1.82, 2.24) is 25.1 Å². The molecule has 1 amide bonds. The topological polar surface area (TPSA) is 98.7 Å². The summed E-state index contributed by atoms with van der Waals surface area (Å²) in [5, 5.41) is 7.77. The summed E-state index contributed by atoms with van der Waals surface area (Å²) in [5.41, 5.74) is 9.70. The number of hydrogen-bond acceptors (Lipinski definition) is 6. The van der Waals surface area contributed by atoms with Crippen molar-refractivity contribution < 1.29 is 4.79 Å². The van der Waals surface area contributed by atoms with Gasteiger partial charge in [0.1, 0.15) is 10.8 Å². The number of nitrogens with zero attached hydrogens (tertiary/aromatic N) is 4. The molecule has 27 heavy (non-hydrogen) atoms. The summed E-state index contributed by atoms with van der Waals surface area (Å²) >= 11 is 1.59. The number of nitrogen functional groups attached to an aromatic ring is 1. The Labute approximate surface area is 159 Å². The van der Waals surface area contributed by atoms with E-state index >= 15 is 0 Å². The van der Waals surface area contributed by atoms with Gasteiger partial charge in [0, 0.05) is 43.5 Å². The van der Waals surface area contributed by atoms with E-state index in [2.05, 4.69) is 20.4 Å². The molecule has 0 aliphatic rings. The number of amides is 1. The number of carbonyl (C=O) groups excluding carboxylic acids is 1. The van der Waals surface area contributed by atoms with Gasteiger partial charge in [-0.25, -0.2) is 9.97 Å². The first-order valence-corrected chi connectivity index (χ1v) is 9.30. The van der Waals surface area contributed by atoms with E-state index in [1.807, 2.05) is 36.5 Å². The molecule has 0 bridgehead atoms. The smallest absolute Gasteiger partial charge is 0.221 e. The largest absolute Gasteiger partial charge is 0.383 e. The van der Waals surface area contributed by atoms with Crippen molar-refractivity contribution in [3.05, 3.63) is 48.9 Å². The van der Waals surface area contributed by atoms with Crippen LogP contribution in [0.4, 0.5) is 5.82 Å². The number of fused-ring (bicyclic) bond motifs is 1. The minimum absolute atomic E-state index is 0.0145. The quantitative estimate of drug-likeness (QED) is 0.556. The summed E-state index contributed by atoms with van der Waals surface area (Å²) in [5.74, 6) is 0.434. The Morgan fingerprint density at radius 3 is 2.93 bits per heavy atom. The fraction of sp³-hybridized carbons (Fsp3) is 0.158. The molecule has 0 aliphatic heterocycles. The summed E-state index contributed by atoms with van der Waals surface area (Å²) in [6.07, 6.45) is 5.78. The predicted molar refractivity (Wildman–Crippen MR) is 107 cm³/mol. The Kier molecular flexibility index (Phi) is 4.55. The summed E-state index contributed by atoms with van der Waals surface area (Å²) in [7, 11) is 1.63. The van der Waals surface area contributed by atoms with Crippen LogP contribution in [0.5, 0.6) is 0 Å². The summed E-state index contributed by atoms with van der Waals surface area (Å²) in [4.78, 5) is 20.4. The van der Waals surface area contributed by atoms with Gasteiger partial charge < -0.3 is 11.1 Å². The first-order valence-electron chi connectivity index (χ1n) is 8.49. The van der Waals surface area contributed by atoms with E-state index in [0.717, 1.165) is 31.9 Å². The van der Waals surface area contributed by atoms with Gasteiger partial charge in [-0.05, 0) is 18.2 Å². The molecule has 0 saturated carbocycles. The molecule has 0 aliphatic carbocycles. The number of anilines is 1. The van der Waals surface area contributed by atoms with Crippen molar-refractivity contribution in [3.8, 4) is 21.7 Å². The normalized spacial score (nSPS) is 11.0. The van der Waals surface area contributed by atoms with Gasteiger partial charge in [0.05, 0.1) is 22.0 Å². The zero-order valence-electron chi connectivity index (χ0n) is 14.7. The minimum atomic E-state index is -0.0145. The number of rotatable bonds is 5. The zero-order valence-corrected chi connectivity index (χ0v) is 15.5. The molecule has 0 unspecified atom stereocenters. The Hall–Kier alpha value is -3.26. The average molecular weight is 378 g/mol. The average Bonchev–Trinajstić information content (AvgIpc) is 3.33. The lowest BCUT2D eigenvalue weighted by molar-refractivity contribution is -0.120. The highest BCUT2D eigenvalue weighted by Crippen LogP contribution is 2.34. The van der Waals surface area contributed by atoms with Crippen LogP contribution in [0.1, 0.15) is 6.42 Å². The molecule has 0 fully saturated rings. The lowest BCUT2D eigenvalue weighted by atomic mass is 10.1. The second kappa shape index (κ2) is 7.16. The van der Waals surface area contributed by atoms with E-state index in [-0.39, 0.29) is 5.91 Å². The molecule has 1 aromatic carbocycles. The van der Waals surface area contributed by atoms with Crippen molar-refractivity contribution in [3.63, 3.8) is 0 Å². The number of nitrogens with one attached hydrogen (secondary N) is 1. The molecule has 136 valence electrons. The lowest BCUT2D eigenvalue weighted by Gasteiger charge is -2.04. The van der Waals surface area contributed by atoms with Crippen molar-refractivity contribution >= 4 is 33.3 Å². The van der Waals surface area contributed by atoms with Crippen LogP contribution in [0.15, 0.2) is 48.9 Å². The molecule has 4 rings (SSSR count). The molecular weight excluding hydrogens is 360 g/mol. The van der Waals surface area contributed by atoms with Crippen LogP contribution in [-0.4, -0.2) is 32.7 Å². The third kappa shape index (κ3) is 3.52. The fourth-order valence-corrected chi connectivity index (χ4v) is 3.76. The summed E-state index contributed by atoms with van der Waals surface area (Å²) < 4.78 is 2.86. The molecule has 8 heteroatoms. The van der Waals surface area contributed by atoms with Crippen molar-refractivity contribution in [2.45, 2.75) is 13.0 Å². The van der Waals surface area contributed by atoms with Crippen molar-refractivity contribution in [2.75, 3.05) is 12.8 Å². The van der Waals surface area contributed by atoms with Gasteiger partial charge in [0.25, 0.3) is 0 Å². The van der Waals surface area contributed by atoms with E-state index < -0.39 is 0 Å². The maximum atomic E-state index is 11.4. The number of nitrogens with two attached hydrogens (primary N) is 1. The number of aromatic nitrogens is 4. The van der Waals surface area contributed by atoms with Crippen LogP contribution in [0, 0.1) is 0 Å². The Balaban J connectivity index is 1.64. The number of hydrogen-bond donors (Lipinski definition) is 2. The SMILES string of the molecule is CNC(=O)CCn1cc(-c2cnc(N)c(-c3nc4ccccc4s3)c2)cn1. The summed E-state index contributed by atoms with van der Waals surface area (Å²) in [6.45, 7) is 0.521. The number of para-hydroxylation sites is 1. The molecule has 7 nitrogen and oxygen atoms in total. The van der Waals surface area contributed by atoms with E-state index in [4.69, 9.17) is 5.73 Å². The first kappa shape index (κ1) is 17.2. The molecule has 0 saturated heterocycles. The molecule has 3 heterocycles. The van der Waals surface area contributed by atoms with Gasteiger partial charge in [0.2, 0.25) is 5.91 Å². The van der Waals surface area contributed by atoms with Crippen LogP contribution in [0.3, 0.4) is 0 Å². The third-order valence-electron chi connectivity index (χ3n) is 4.26. The highest BCUT2D eigenvalue weighted by atomic mass is 32.1. The number of thiazole rings is 1. The van der Waals surface area contributed by atoms with Gasteiger partial charge in [-0.2, -0.15) is 5.10 Å². The molecule has 4 aromatic rings. The maximum absolute atomic E-state index is 11.4. The molecule has 0 radical (unpaired) electrons. The van der Waals surface area contributed by atoms with E-state index in [9.17, 15) is 4.79 Å². The van der Waals surface area contributed by atoms with Crippen LogP contribution < -0.4 is 11.1 Å².